The minimum Gasteiger partial charge on any atom is -0.440 e. The number of thioether (sulfide) groups is 1. The Morgan fingerprint density at radius 1 is 1.00 bits per heavy atom. The Kier molecular flexibility index (Phi) is 5.08. The van der Waals surface area contributed by atoms with Gasteiger partial charge in [0.05, 0.1) is 27.2 Å². The van der Waals surface area contributed by atoms with E-state index in [2.05, 4.69) is 10.2 Å². The lowest BCUT2D eigenvalue weighted by Gasteiger charge is -2.11. The zero-order valence-corrected chi connectivity index (χ0v) is 20.1. The van der Waals surface area contributed by atoms with E-state index in [-0.39, 0.29) is 5.56 Å². The first-order chi connectivity index (χ1) is 16.6. The molecule has 0 atom stereocenters. The molecule has 0 aliphatic heterocycles. The molecular weight excluding hydrogens is 466 g/mol. The molecular formula is C25H19N5O2S2. The maximum atomic E-state index is 13.4. The zero-order valence-electron chi connectivity index (χ0n) is 18.4. The number of rotatable bonds is 5. The predicted molar refractivity (Wildman–Crippen MR) is 135 cm³/mol. The molecule has 7 nitrogen and oxygen atoms in total. The van der Waals surface area contributed by atoms with Crippen LogP contribution in [0.3, 0.4) is 0 Å². The van der Waals surface area contributed by atoms with Gasteiger partial charge >= 0.3 is 0 Å². The van der Waals surface area contributed by atoms with Crippen molar-refractivity contribution < 1.29 is 4.42 Å². The number of hydrogen-bond acceptors (Lipinski definition) is 7. The number of aromatic nitrogens is 5. The number of nitrogens with zero attached hydrogens (tertiary/aromatic N) is 5. The van der Waals surface area contributed by atoms with Crippen molar-refractivity contribution in [2.24, 2.45) is 0 Å². The number of hydrogen-bond donors (Lipinski definition) is 0. The topological polar surface area (TPSA) is 78.2 Å². The van der Waals surface area contributed by atoms with Gasteiger partial charge < -0.3 is 4.42 Å². The summed E-state index contributed by atoms with van der Waals surface area (Å²) in [4.78, 5) is 19.1. The molecule has 0 fully saturated rings. The molecule has 0 unspecified atom stereocenters. The van der Waals surface area contributed by atoms with E-state index >= 15 is 0 Å². The highest BCUT2D eigenvalue weighted by molar-refractivity contribution is 7.98. The Hall–Kier alpha value is -3.69. The third-order valence-corrected chi connectivity index (χ3v) is 7.45. The van der Waals surface area contributed by atoms with Gasteiger partial charge in [-0.2, -0.15) is 0 Å². The molecule has 0 aliphatic rings. The molecule has 9 heteroatoms. The molecule has 4 aromatic heterocycles. The van der Waals surface area contributed by atoms with Crippen molar-refractivity contribution in [3.05, 3.63) is 93.4 Å². The molecule has 4 heterocycles. The van der Waals surface area contributed by atoms with Crippen LogP contribution in [0, 0.1) is 13.8 Å². The second-order valence-electron chi connectivity index (χ2n) is 7.90. The van der Waals surface area contributed by atoms with Crippen LogP contribution in [0.4, 0.5) is 0 Å². The van der Waals surface area contributed by atoms with Crippen molar-refractivity contribution in [3.8, 4) is 16.5 Å². The third kappa shape index (κ3) is 3.44. The highest BCUT2D eigenvalue weighted by Gasteiger charge is 2.19. The van der Waals surface area contributed by atoms with E-state index in [0.717, 1.165) is 33.1 Å². The molecule has 0 radical (unpaired) electrons. The Balaban J connectivity index is 1.46. The third-order valence-electron chi connectivity index (χ3n) is 5.65. The predicted octanol–water partition coefficient (Wildman–Crippen LogP) is 5.66. The van der Waals surface area contributed by atoms with Crippen LogP contribution < -0.4 is 5.56 Å². The first kappa shape index (κ1) is 20.9. The smallest absolute Gasteiger partial charge is 0.267 e. The van der Waals surface area contributed by atoms with Gasteiger partial charge in [0, 0.05) is 5.75 Å². The van der Waals surface area contributed by atoms with Gasteiger partial charge in [-0.3, -0.25) is 9.20 Å². The molecule has 0 bridgehead atoms. The minimum atomic E-state index is -0.121. The average molecular weight is 486 g/mol. The van der Waals surface area contributed by atoms with Crippen LogP contribution >= 0.6 is 23.1 Å². The van der Waals surface area contributed by atoms with Crippen LogP contribution in [0.2, 0.25) is 0 Å². The fourth-order valence-corrected chi connectivity index (χ4v) is 5.49. The largest absolute Gasteiger partial charge is 0.440 e. The second kappa shape index (κ2) is 8.27. The van der Waals surface area contributed by atoms with Crippen LogP contribution in [0.1, 0.15) is 17.0 Å². The van der Waals surface area contributed by atoms with Crippen molar-refractivity contribution in [2.75, 3.05) is 0 Å². The zero-order chi connectivity index (χ0) is 23.2. The SMILES string of the molecule is Cc1ccc(-n2c(=O)c3ccccc3n3c(SCc4nc(-c5cccs5)oc4C)nnc23)cc1. The standard InChI is InChI=1S/C25H19N5O2S2/c1-15-9-11-17(12-10-15)29-23(31)18-6-3-4-7-20(18)30-24(29)27-28-25(30)34-14-19-16(2)32-22(26-19)21-8-5-13-33-21/h3-13H,14H2,1-2H3. The Bertz CT molecular complexity index is 1700. The molecule has 0 spiro atoms. The molecule has 0 amide bonds. The Labute approximate surface area is 202 Å². The Morgan fingerprint density at radius 2 is 1.82 bits per heavy atom. The van der Waals surface area contributed by atoms with Gasteiger partial charge in [-0.05, 0) is 49.6 Å². The lowest BCUT2D eigenvalue weighted by atomic mass is 10.2. The number of aryl methyl sites for hydroxylation is 2. The van der Waals surface area contributed by atoms with E-state index in [1.165, 1.54) is 11.8 Å². The molecule has 34 heavy (non-hydrogen) atoms. The van der Waals surface area contributed by atoms with Gasteiger partial charge in [-0.25, -0.2) is 9.55 Å². The highest BCUT2D eigenvalue weighted by atomic mass is 32.2. The number of para-hydroxylation sites is 1. The maximum Gasteiger partial charge on any atom is 0.267 e. The van der Waals surface area contributed by atoms with Gasteiger partial charge in [0.2, 0.25) is 11.7 Å². The molecule has 0 saturated heterocycles. The number of oxazole rings is 1. The summed E-state index contributed by atoms with van der Waals surface area (Å²) in [6.07, 6.45) is 0. The first-order valence-electron chi connectivity index (χ1n) is 10.7. The lowest BCUT2D eigenvalue weighted by Crippen LogP contribution is -2.21. The molecule has 6 aromatic rings. The van der Waals surface area contributed by atoms with Crippen molar-refractivity contribution in [1.29, 1.82) is 0 Å². The average Bonchev–Trinajstić information content (AvgIpc) is 3.59. The van der Waals surface area contributed by atoms with Crippen molar-refractivity contribution in [3.63, 3.8) is 0 Å². The van der Waals surface area contributed by atoms with Crippen LogP contribution in [0.15, 0.2) is 80.4 Å². The van der Waals surface area contributed by atoms with E-state index in [1.807, 2.05) is 84.3 Å². The number of benzene rings is 2. The van der Waals surface area contributed by atoms with Crippen molar-refractivity contribution >= 4 is 39.8 Å². The summed E-state index contributed by atoms with van der Waals surface area (Å²) in [5.74, 6) is 2.46. The monoisotopic (exact) mass is 485 g/mol. The molecule has 0 aliphatic carbocycles. The fourth-order valence-electron chi connectivity index (χ4n) is 3.90. The summed E-state index contributed by atoms with van der Waals surface area (Å²) in [6.45, 7) is 3.94. The first-order valence-corrected chi connectivity index (χ1v) is 12.6. The summed E-state index contributed by atoms with van der Waals surface area (Å²) < 4.78 is 9.45. The van der Waals surface area contributed by atoms with E-state index in [9.17, 15) is 4.79 Å². The summed E-state index contributed by atoms with van der Waals surface area (Å²) in [5.41, 5.74) is 3.39. The van der Waals surface area contributed by atoms with E-state index < -0.39 is 0 Å². The summed E-state index contributed by atoms with van der Waals surface area (Å²) >= 11 is 3.11. The normalized spacial score (nSPS) is 11.6. The van der Waals surface area contributed by atoms with Gasteiger partial charge in [-0.15, -0.1) is 21.5 Å². The van der Waals surface area contributed by atoms with Gasteiger partial charge in [0.15, 0.2) is 5.16 Å². The summed E-state index contributed by atoms with van der Waals surface area (Å²) in [6, 6.07) is 19.4. The number of thiophene rings is 1. The van der Waals surface area contributed by atoms with Crippen molar-refractivity contribution in [1.82, 2.24) is 24.1 Å². The minimum absolute atomic E-state index is 0.121. The van der Waals surface area contributed by atoms with Gasteiger partial charge in [-0.1, -0.05) is 47.7 Å². The van der Waals surface area contributed by atoms with Gasteiger partial charge in [0.1, 0.15) is 5.76 Å². The quantitative estimate of drug-likeness (QED) is 0.293. The molecule has 0 N–H and O–H groups in total. The maximum absolute atomic E-state index is 13.4. The van der Waals surface area contributed by atoms with Crippen LogP contribution in [0.25, 0.3) is 33.1 Å². The van der Waals surface area contributed by atoms with Gasteiger partial charge in [0.25, 0.3) is 5.56 Å². The fraction of sp³-hybridized carbons (Fsp3) is 0.120. The number of fused-ring (bicyclic) bond motifs is 3. The molecule has 2 aromatic carbocycles. The lowest BCUT2D eigenvalue weighted by molar-refractivity contribution is 0.542. The second-order valence-corrected chi connectivity index (χ2v) is 9.79. The van der Waals surface area contributed by atoms with Crippen LogP contribution in [-0.2, 0) is 5.75 Å². The molecule has 0 saturated carbocycles. The Morgan fingerprint density at radius 3 is 2.62 bits per heavy atom. The van der Waals surface area contributed by atoms with E-state index in [4.69, 9.17) is 9.40 Å². The van der Waals surface area contributed by atoms with E-state index in [0.29, 0.717) is 28.0 Å². The van der Waals surface area contributed by atoms with E-state index in [1.54, 1.807) is 15.9 Å². The molecule has 6 rings (SSSR count). The van der Waals surface area contributed by atoms with Crippen molar-refractivity contribution in [2.45, 2.75) is 24.8 Å². The molecule has 168 valence electrons. The summed E-state index contributed by atoms with van der Waals surface area (Å²) in [7, 11) is 0. The van der Waals surface area contributed by atoms with Crippen LogP contribution in [0.5, 0.6) is 0 Å². The van der Waals surface area contributed by atoms with Crippen LogP contribution in [-0.4, -0.2) is 24.1 Å². The highest BCUT2D eigenvalue weighted by Crippen LogP contribution is 2.30. The summed E-state index contributed by atoms with van der Waals surface area (Å²) in [5, 5.41) is 12.2.